The first kappa shape index (κ1) is 19.0. The molecule has 0 atom stereocenters. The monoisotopic (exact) mass is 426 g/mol. The minimum atomic E-state index is -0.381. The molecule has 0 bridgehead atoms. The van der Waals surface area contributed by atoms with E-state index in [0.717, 1.165) is 16.3 Å². The number of halogens is 3. The molecule has 134 valence electrons. The fourth-order valence-electron chi connectivity index (χ4n) is 2.25. The molecule has 1 heterocycles. The maximum atomic E-state index is 12.4. The Hall–Kier alpha value is -1.79. The zero-order valence-electron chi connectivity index (χ0n) is 13.6. The minimum absolute atomic E-state index is 0.268. The zero-order chi connectivity index (χ0) is 18.7. The van der Waals surface area contributed by atoms with Crippen LogP contribution < -0.4 is 10.1 Å². The SMILES string of the molecule is COc1ccc(Cc2nc(C(=O)Nc3c(Cl)cc(Cl)cc3Cl)cs2)cc1. The summed E-state index contributed by atoms with van der Waals surface area (Å²) in [6.45, 7) is 0. The van der Waals surface area contributed by atoms with Gasteiger partial charge in [0, 0.05) is 16.8 Å². The Kier molecular flexibility index (Phi) is 6.04. The van der Waals surface area contributed by atoms with Gasteiger partial charge in [-0.25, -0.2) is 4.98 Å². The number of benzene rings is 2. The molecule has 0 aliphatic heterocycles. The van der Waals surface area contributed by atoms with Crippen molar-refractivity contribution >= 4 is 57.7 Å². The van der Waals surface area contributed by atoms with Gasteiger partial charge in [-0.3, -0.25) is 4.79 Å². The van der Waals surface area contributed by atoms with Gasteiger partial charge in [0.2, 0.25) is 0 Å². The number of hydrogen-bond acceptors (Lipinski definition) is 4. The Balaban J connectivity index is 1.72. The van der Waals surface area contributed by atoms with Crippen LogP contribution in [-0.4, -0.2) is 18.0 Å². The van der Waals surface area contributed by atoms with Crippen LogP contribution in [0.15, 0.2) is 41.8 Å². The van der Waals surface area contributed by atoms with E-state index in [-0.39, 0.29) is 16.0 Å². The van der Waals surface area contributed by atoms with E-state index in [4.69, 9.17) is 39.5 Å². The number of ether oxygens (including phenoxy) is 1. The molecule has 0 saturated heterocycles. The number of thiazole rings is 1. The first-order chi connectivity index (χ1) is 12.5. The predicted octanol–water partition coefficient (Wildman–Crippen LogP) is 5.96. The Labute approximate surface area is 169 Å². The van der Waals surface area contributed by atoms with Crippen LogP contribution in [0.4, 0.5) is 5.69 Å². The van der Waals surface area contributed by atoms with Crippen molar-refractivity contribution in [1.82, 2.24) is 4.98 Å². The van der Waals surface area contributed by atoms with Gasteiger partial charge in [-0.1, -0.05) is 46.9 Å². The van der Waals surface area contributed by atoms with Gasteiger partial charge in [0.15, 0.2) is 0 Å². The van der Waals surface area contributed by atoms with E-state index >= 15 is 0 Å². The highest BCUT2D eigenvalue weighted by atomic mass is 35.5. The maximum Gasteiger partial charge on any atom is 0.275 e. The van der Waals surface area contributed by atoms with Crippen molar-refractivity contribution in [2.45, 2.75) is 6.42 Å². The summed E-state index contributed by atoms with van der Waals surface area (Å²) in [5.41, 5.74) is 1.70. The summed E-state index contributed by atoms with van der Waals surface area (Å²) in [4.78, 5) is 16.8. The quantitative estimate of drug-likeness (QED) is 0.547. The molecular weight excluding hydrogens is 415 g/mol. The highest BCUT2D eigenvalue weighted by Gasteiger charge is 2.15. The molecule has 1 aromatic heterocycles. The summed E-state index contributed by atoms with van der Waals surface area (Å²) in [6, 6.07) is 10.7. The predicted molar refractivity (Wildman–Crippen MR) is 107 cm³/mol. The van der Waals surface area contributed by atoms with E-state index in [1.165, 1.54) is 23.5 Å². The molecule has 8 heteroatoms. The Morgan fingerprint density at radius 3 is 2.42 bits per heavy atom. The topological polar surface area (TPSA) is 51.2 Å². The van der Waals surface area contributed by atoms with E-state index in [2.05, 4.69) is 10.3 Å². The van der Waals surface area contributed by atoms with Crippen LogP contribution in [0.5, 0.6) is 5.75 Å². The van der Waals surface area contributed by atoms with Gasteiger partial charge in [0.1, 0.15) is 11.4 Å². The molecule has 0 fully saturated rings. The van der Waals surface area contributed by atoms with E-state index in [9.17, 15) is 4.79 Å². The number of methoxy groups -OCH3 is 1. The van der Waals surface area contributed by atoms with Crippen LogP contribution in [0.3, 0.4) is 0 Å². The molecule has 0 aliphatic carbocycles. The van der Waals surface area contributed by atoms with E-state index in [1.54, 1.807) is 12.5 Å². The van der Waals surface area contributed by atoms with Gasteiger partial charge in [0.25, 0.3) is 5.91 Å². The van der Waals surface area contributed by atoms with Crippen LogP contribution in [-0.2, 0) is 6.42 Å². The number of carbonyl (C=O) groups is 1. The summed E-state index contributed by atoms with van der Waals surface area (Å²) in [5, 5.41) is 6.14. The van der Waals surface area contributed by atoms with Crippen LogP contribution in [0.25, 0.3) is 0 Å². The number of nitrogens with one attached hydrogen (secondary N) is 1. The first-order valence-corrected chi connectivity index (χ1v) is 9.51. The van der Waals surface area contributed by atoms with Crippen LogP contribution in [0.2, 0.25) is 15.1 Å². The van der Waals surface area contributed by atoms with Crippen molar-refractivity contribution in [3.63, 3.8) is 0 Å². The highest BCUT2D eigenvalue weighted by Crippen LogP contribution is 2.34. The smallest absolute Gasteiger partial charge is 0.275 e. The Morgan fingerprint density at radius 2 is 1.81 bits per heavy atom. The molecule has 1 N–H and O–H groups in total. The second-order valence-electron chi connectivity index (χ2n) is 5.35. The van der Waals surface area contributed by atoms with Crippen LogP contribution in [0, 0.1) is 0 Å². The largest absolute Gasteiger partial charge is 0.497 e. The number of rotatable bonds is 5. The lowest BCUT2D eigenvalue weighted by Crippen LogP contribution is -2.13. The molecule has 1 amide bonds. The molecule has 3 rings (SSSR count). The van der Waals surface area contributed by atoms with Crippen LogP contribution >= 0.6 is 46.1 Å². The molecular formula is C18H13Cl3N2O2S. The standard InChI is InChI=1S/C18H13Cl3N2O2S/c1-25-12-4-2-10(3-5-12)6-16-22-15(9-26-16)18(24)23-17-13(20)7-11(19)8-14(17)21/h2-5,7-9H,6H2,1H3,(H,23,24). The van der Waals surface area contributed by atoms with Crippen molar-refractivity contribution in [1.29, 1.82) is 0 Å². The lowest BCUT2D eigenvalue weighted by atomic mass is 10.1. The Bertz CT molecular complexity index is 919. The number of carbonyl (C=O) groups excluding carboxylic acids is 1. The van der Waals surface area contributed by atoms with Gasteiger partial charge in [0.05, 0.1) is 27.9 Å². The normalized spacial score (nSPS) is 10.6. The number of anilines is 1. The Morgan fingerprint density at radius 1 is 1.15 bits per heavy atom. The van der Waals surface area contributed by atoms with E-state index < -0.39 is 0 Å². The zero-order valence-corrected chi connectivity index (χ0v) is 16.6. The summed E-state index contributed by atoms with van der Waals surface area (Å²) in [7, 11) is 1.62. The second-order valence-corrected chi connectivity index (χ2v) is 7.54. The lowest BCUT2D eigenvalue weighted by Gasteiger charge is -2.08. The fourth-order valence-corrected chi connectivity index (χ4v) is 3.97. The number of aromatic nitrogens is 1. The molecule has 2 aromatic carbocycles. The van der Waals surface area contributed by atoms with Crippen molar-refractivity contribution in [3.8, 4) is 5.75 Å². The highest BCUT2D eigenvalue weighted by molar-refractivity contribution is 7.09. The molecule has 26 heavy (non-hydrogen) atoms. The molecule has 0 spiro atoms. The van der Waals surface area contributed by atoms with Gasteiger partial charge in [-0.2, -0.15) is 0 Å². The van der Waals surface area contributed by atoms with E-state index in [1.807, 2.05) is 24.3 Å². The third kappa shape index (κ3) is 4.48. The van der Waals surface area contributed by atoms with Crippen LogP contribution in [0.1, 0.15) is 21.1 Å². The third-order valence-corrected chi connectivity index (χ3v) is 5.21. The lowest BCUT2D eigenvalue weighted by molar-refractivity contribution is 0.102. The first-order valence-electron chi connectivity index (χ1n) is 7.49. The average Bonchev–Trinajstić information content (AvgIpc) is 3.07. The summed E-state index contributed by atoms with van der Waals surface area (Å²) < 4.78 is 5.14. The van der Waals surface area contributed by atoms with Crippen molar-refractivity contribution in [2.75, 3.05) is 12.4 Å². The average molecular weight is 428 g/mol. The summed E-state index contributed by atoms with van der Waals surface area (Å²) in [5.74, 6) is 0.415. The number of nitrogens with zero attached hydrogens (tertiary/aromatic N) is 1. The molecule has 0 saturated carbocycles. The van der Waals surface area contributed by atoms with Gasteiger partial charge < -0.3 is 10.1 Å². The van der Waals surface area contributed by atoms with Crippen molar-refractivity contribution in [2.24, 2.45) is 0 Å². The second kappa shape index (κ2) is 8.27. The third-order valence-electron chi connectivity index (χ3n) is 3.54. The number of amides is 1. The summed E-state index contributed by atoms with van der Waals surface area (Å²) >= 11 is 19.5. The molecule has 0 aliphatic rings. The molecule has 0 unspecified atom stereocenters. The van der Waals surface area contributed by atoms with E-state index in [0.29, 0.717) is 22.8 Å². The molecule has 0 radical (unpaired) electrons. The van der Waals surface area contributed by atoms with Gasteiger partial charge in [-0.15, -0.1) is 11.3 Å². The fraction of sp³-hybridized carbons (Fsp3) is 0.111. The van der Waals surface area contributed by atoms with Gasteiger partial charge >= 0.3 is 0 Å². The molecule has 4 nitrogen and oxygen atoms in total. The van der Waals surface area contributed by atoms with Gasteiger partial charge in [-0.05, 0) is 29.8 Å². The van der Waals surface area contributed by atoms with Crippen molar-refractivity contribution < 1.29 is 9.53 Å². The minimum Gasteiger partial charge on any atom is -0.497 e. The summed E-state index contributed by atoms with van der Waals surface area (Å²) in [6.07, 6.45) is 0.629. The molecule has 3 aromatic rings. The maximum absolute atomic E-state index is 12.4. The van der Waals surface area contributed by atoms with Crippen molar-refractivity contribution in [3.05, 3.63) is 73.1 Å². The number of hydrogen-bond donors (Lipinski definition) is 1.